The Bertz CT molecular complexity index is 437. The van der Waals surface area contributed by atoms with Gasteiger partial charge in [0.15, 0.2) is 0 Å². The van der Waals surface area contributed by atoms with E-state index in [1.54, 1.807) is 0 Å². The zero-order chi connectivity index (χ0) is 17.7. The molecule has 1 aromatic rings. The third kappa shape index (κ3) is 8.39. The van der Waals surface area contributed by atoms with Gasteiger partial charge in [-0.05, 0) is 12.0 Å². The molecule has 0 amide bonds. The van der Waals surface area contributed by atoms with Gasteiger partial charge in [0.25, 0.3) is 0 Å². The topological polar surface area (TPSA) is 32.7 Å². The first-order valence-corrected chi connectivity index (χ1v) is 10.4. The second-order valence-corrected chi connectivity index (χ2v) is 7.33. The molecule has 3 nitrogen and oxygen atoms in total. The molecule has 1 aliphatic heterocycles. The summed E-state index contributed by atoms with van der Waals surface area (Å²) in [6.45, 7) is 5.71. The van der Waals surface area contributed by atoms with Crippen molar-refractivity contribution in [2.24, 2.45) is 0 Å². The van der Waals surface area contributed by atoms with Crippen molar-refractivity contribution in [2.75, 3.05) is 26.3 Å². The van der Waals surface area contributed by atoms with Crippen LogP contribution in [-0.4, -0.2) is 42.4 Å². The van der Waals surface area contributed by atoms with E-state index in [2.05, 4.69) is 11.8 Å². The molecular weight excluding hydrogens is 346 g/mol. The highest BCUT2D eigenvalue weighted by Crippen LogP contribution is 2.26. The summed E-state index contributed by atoms with van der Waals surface area (Å²) in [4.78, 5) is 2.43. The lowest BCUT2D eigenvalue weighted by Gasteiger charge is -2.37. The number of aliphatic hydroxyl groups excluding tert-OH is 1. The molecule has 150 valence electrons. The number of nitrogens with zero attached hydrogens (tertiary/aromatic N) is 1. The molecule has 2 rings (SSSR count). The van der Waals surface area contributed by atoms with Gasteiger partial charge < -0.3 is 9.84 Å². The number of halogens is 1. The fraction of sp³-hybridized carbons (Fsp3) is 0.727. The Morgan fingerprint density at radius 3 is 2.12 bits per heavy atom. The van der Waals surface area contributed by atoms with Gasteiger partial charge in [-0.15, -0.1) is 12.4 Å². The molecule has 0 aliphatic carbocycles. The number of ether oxygens (including phenoxy) is 1. The van der Waals surface area contributed by atoms with Crippen LogP contribution in [0, 0.1) is 0 Å². The Morgan fingerprint density at radius 1 is 0.923 bits per heavy atom. The van der Waals surface area contributed by atoms with Crippen LogP contribution in [0.25, 0.3) is 0 Å². The average Bonchev–Trinajstić information content (AvgIpc) is 2.68. The summed E-state index contributed by atoms with van der Waals surface area (Å²) in [6, 6.07) is 10.4. The molecular formula is C22H38ClNO2. The summed E-state index contributed by atoms with van der Waals surface area (Å²) in [7, 11) is 0. The predicted molar refractivity (Wildman–Crippen MR) is 112 cm³/mol. The quantitative estimate of drug-likeness (QED) is 0.492. The second-order valence-electron chi connectivity index (χ2n) is 7.33. The van der Waals surface area contributed by atoms with Crippen molar-refractivity contribution in [3.05, 3.63) is 35.9 Å². The van der Waals surface area contributed by atoms with Gasteiger partial charge in [-0.25, -0.2) is 0 Å². The number of hydrogen-bond donors (Lipinski definition) is 1. The van der Waals surface area contributed by atoms with Gasteiger partial charge in [-0.2, -0.15) is 0 Å². The third-order valence-electron chi connectivity index (χ3n) is 5.37. The van der Waals surface area contributed by atoms with E-state index in [1.807, 2.05) is 30.3 Å². The van der Waals surface area contributed by atoms with Gasteiger partial charge >= 0.3 is 0 Å². The summed E-state index contributed by atoms with van der Waals surface area (Å²) in [6.07, 6.45) is 11.3. The third-order valence-corrected chi connectivity index (χ3v) is 5.37. The molecule has 1 aromatic carbocycles. The van der Waals surface area contributed by atoms with E-state index in [1.165, 1.54) is 51.4 Å². The van der Waals surface area contributed by atoms with Crippen LogP contribution >= 0.6 is 12.4 Å². The minimum Gasteiger partial charge on any atom is -0.387 e. The molecule has 26 heavy (non-hydrogen) atoms. The smallest absolute Gasteiger partial charge is 0.0945 e. The lowest BCUT2D eigenvalue weighted by Crippen LogP contribution is -2.46. The van der Waals surface area contributed by atoms with Crippen LogP contribution in [0.1, 0.15) is 76.4 Å². The van der Waals surface area contributed by atoms with Crippen LogP contribution in [0.5, 0.6) is 0 Å². The number of rotatable bonds is 12. The minimum atomic E-state index is -0.399. The Kier molecular flexibility index (Phi) is 13.0. The van der Waals surface area contributed by atoms with E-state index in [0.29, 0.717) is 0 Å². The van der Waals surface area contributed by atoms with Crippen molar-refractivity contribution in [1.82, 2.24) is 4.90 Å². The lowest BCUT2D eigenvalue weighted by atomic mass is 9.95. The van der Waals surface area contributed by atoms with Gasteiger partial charge in [0.05, 0.1) is 19.3 Å². The van der Waals surface area contributed by atoms with Crippen LogP contribution in [0.15, 0.2) is 30.3 Å². The van der Waals surface area contributed by atoms with Crippen LogP contribution in [-0.2, 0) is 4.74 Å². The largest absolute Gasteiger partial charge is 0.387 e. The Morgan fingerprint density at radius 2 is 1.50 bits per heavy atom. The fourth-order valence-electron chi connectivity index (χ4n) is 3.81. The molecule has 1 fully saturated rings. The maximum Gasteiger partial charge on any atom is 0.0945 e. The standard InChI is InChI=1S/C22H37NO2.ClH/c1-2-3-4-5-6-7-8-12-15-21(23-16-18-25-19-17-23)22(24)20-13-10-9-11-14-20;/h9-11,13-14,21-22,24H,2-8,12,15-19H2,1H3;1H. The molecule has 0 spiro atoms. The number of benzene rings is 1. The fourth-order valence-corrected chi connectivity index (χ4v) is 3.81. The molecule has 0 bridgehead atoms. The van der Waals surface area contributed by atoms with E-state index < -0.39 is 6.10 Å². The zero-order valence-corrected chi connectivity index (χ0v) is 17.3. The van der Waals surface area contributed by atoms with Crippen molar-refractivity contribution < 1.29 is 9.84 Å². The second kappa shape index (κ2) is 14.4. The molecule has 1 N–H and O–H groups in total. The number of hydrogen-bond acceptors (Lipinski definition) is 3. The highest BCUT2D eigenvalue weighted by atomic mass is 35.5. The van der Waals surface area contributed by atoms with Gasteiger partial charge in [-0.1, -0.05) is 88.6 Å². The molecule has 1 heterocycles. The van der Waals surface area contributed by atoms with E-state index in [0.717, 1.165) is 38.3 Å². The van der Waals surface area contributed by atoms with Gasteiger partial charge in [0, 0.05) is 19.1 Å². The molecule has 0 saturated carbocycles. The Hall–Kier alpha value is -0.610. The predicted octanol–water partition coefficient (Wildman–Crippen LogP) is 5.37. The summed E-state index contributed by atoms with van der Waals surface area (Å²) in [5, 5.41) is 10.9. The normalized spacial score (nSPS) is 17.5. The van der Waals surface area contributed by atoms with Crippen LogP contribution < -0.4 is 0 Å². The van der Waals surface area contributed by atoms with Crippen LogP contribution in [0.2, 0.25) is 0 Å². The Balaban J connectivity index is 0.00000338. The van der Waals surface area contributed by atoms with Crippen molar-refractivity contribution in [3.63, 3.8) is 0 Å². The summed E-state index contributed by atoms with van der Waals surface area (Å²) in [5.41, 5.74) is 1.04. The first-order chi connectivity index (χ1) is 12.3. The average molecular weight is 384 g/mol. The lowest BCUT2D eigenvalue weighted by molar-refractivity contribution is -0.0259. The minimum absolute atomic E-state index is 0. The molecule has 2 unspecified atom stereocenters. The first-order valence-electron chi connectivity index (χ1n) is 10.4. The summed E-state index contributed by atoms with van der Waals surface area (Å²) in [5.74, 6) is 0. The van der Waals surface area contributed by atoms with Crippen LogP contribution in [0.4, 0.5) is 0 Å². The van der Waals surface area contributed by atoms with Crippen molar-refractivity contribution >= 4 is 12.4 Å². The molecule has 1 aliphatic rings. The van der Waals surface area contributed by atoms with Gasteiger partial charge in [-0.3, -0.25) is 4.90 Å². The molecule has 0 aromatic heterocycles. The summed E-state index contributed by atoms with van der Waals surface area (Å²) >= 11 is 0. The van der Waals surface area contributed by atoms with E-state index in [9.17, 15) is 5.11 Å². The van der Waals surface area contributed by atoms with Crippen molar-refractivity contribution in [3.8, 4) is 0 Å². The number of unbranched alkanes of at least 4 members (excludes halogenated alkanes) is 7. The maximum atomic E-state index is 10.9. The summed E-state index contributed by atoms with van der Waals surface area (Å²) < 4.78 is 5.50. The zero-order valence-electron chi connectivity index (χ0n) is 16.4. The highest BCUT2D eigenvalue weighted by Gasteiger charge is 2.28. The number of aliphatic hydroxyl groups is 1. The Labute approximate surface area is 166 Å². The van der Waals surface area contributed by atoms with Crippen LogP contribution in [0.3, 0.4) is 0 Å². The van der Waals surface area contributed by atoms with Crippen molar-refractivity contribution in [1.29, 1.82) is 0 Å². The van der Waals surface area contributed by atoms with Crippen molar-refractivity contribution in [2.45, 2.75) is 76.9 Å². The molecule has 2 atom stereocenters. The van der Waals surface area contributed by atoms with Gasteiger partial charge in [0.1, 0.15) is 0 Å². The highest BCUT2D eigenvalue weighted by molar-refractivity contribution is 5.85. The van der Waals surface area contributed by atoms with E-state index in [-0.39, 0.29) is 18.4 Å². The molecule has 4 heteroatoms. The molecule has 1 saturated heterocycles. The monoisotopic (exact) mass is 383 g/mol. The molecule has 0 radical (unpaired) electrons. The van der Waals surface area contributed by atoms with E-state index >= 15 is 0 Å². The van der Waals surface area contributed by atoms with Gasteiger partial charge in [0.2, 0.25) is 0 Å². The number of morpholine rings is 1. The first kappa shape index (κ1) is 23.4. The SMILES string of the molecule is CCCCCCCCCCC(C(O)c1ccccc1)N1CCOCC1.Cl. The van der Waals surface area contributed by atoms with E-state index in [4.69, 9.17) is 4.74 Å². The maximum absolute atomic E-state index is 10.9.